The fourth-order valence-electron chi connectivity index (χ4n) is 3.75. The molecule has 0 bridgehead atoms. The van der Waals surface area contributed by atoms with E-state index in [4.69, 9.17) is 32.9 Å². The van der Waals surface area contributed by atoms with Crippen LogP contribution < -0.4 is 0 Å². The third kappa shape index (κ3) is 3.96. The summed E-state index contributed by atoms with van der Waals surface area (Å²) in [6.45, 7) is 1.02. The lowest BCUT2D eigenvalue weighted by Crippen LogP contribution is -2.16. The highest BCUT2D eigenvalue weighted by atomic mass is 35.5. The van der Waals surface area contributed by atoms with E-state index in [9.17, 15) is 0 Å². The maximum Gasteiger partial charge on any atom is 0.129 e. The molecule has 8 heteroatoms. The topological polar surface area (TPSA) is 69.0 Å². The molecule has 5 rings (SSSR count). The number of aryl methyl sites for hydroxylation is 2. The van der Waals surface area contributed by atoms with Gasteiger partial charge in [0.25, 0.3) is 0 Å². The molecule has 3 aliphatic carbocycles. The highest BCUT2D eigenvalue weighted by molar-refractivity contribution is 6.30. The van der Waals surface area contributed by atoms with Crippen molar-refractivity contribution in [1.29, 1.82) is 0 Å². The number of nitrogens with zero attached hydrogens (tertiary/aromatic N) is 4. The maximum absolute atomic E-state index is 6.01. The molecule has 1 fully saturated rings. The third-order valence-corrected chi connectivity index (χ3v) is 6.17. The second kappa shape index (κ2) is 7.58. The van der Waals surface area contributed by atoms with Gasteiger partial charge in [0.05, 0.1) is 11.4 Å². The van der Waals surface area contributed by atoms with Gasteiger partial charge in [0.15, 0.2) is 0 Å². The van der Waals surface area contributed by atoms with Crippen molar-refractivity contribution in [1.82, 2.24) is 9.97 Å². The van der Waals surface area contributed by atoms with Gasteiger partial charge in [-0.1, -0.05) is 45.6 Å². The number of aromatic nitrogens is 2. The van der Waals surface area contributed by atoms with Gasteiger partial charge in [0.2, 0.25) is 0 Å². The summed E-state index contributed by atoms with van der Waals surface area (Å²) in [4.78, 5) is 20.1. The molecule has 0 aromatic carbocycles. The van der Waals surface area contributed by atoms with Crippen LogP contribution in [0.1, 0.15) is 48.2 Å². The average Bonchev–Trinajstić information content (AvgIpc) is 3.19. The molecule has 29 heavy (non-hydrogen) atoms. The highest BCUT2D eigenvalue weighted by Crippen LogP contribution is 2.46. The first kappa shape index (κ1) is 18.8. The minimum absolute atomic E-state index is 0.0134. The van der Waals surface area contributed by atoms with Crippen LogP contribution in [0.4, 0.5) is 0 Å². The predicted molar refractivity (Wildman–Crippen MR) is 112 cm³/mol. The lowest BCUT2D eigenvalue weighted by Gasteiger charge is -2.12. The van der Waals surface area contributed by atoms with Crippen molar-refractivity contribution in [2.24, 2.45) is 15.7 Å². The van der Waals surface area contributed by atoms with Gasteiger partial charge >= 0.3 is 0 Å². The van der Waals surface area contributed by atoms with Crippen LogP contribution in [0.5, 0.6) is 0 Å². The smallest absolute Gasteiger partial charge is 0.129 e. The summed E-state index contributed by atoms with van der Waals surface area (Å²) in [6.07, 6.45) is 5.59. The summed E-state index contributed by atoms with van der Waals surface area (Å²) >= 11 is 12.0. The second-order valence-corrected chi connectivity index (χ2v) is 8.68. The summed E-state index contributed by atoms with van der Waals surface area (Å²) < 4.78 is 0. The molecule has 2 aromatic heterocycles. The molecule has 0 amide bonds. The van der Waals surface area contributed by atoms with Gasteiger partial charge in [-0.25, -0.2) is 9.97 Å². The van der Waals surface area contributed by atoms with Crippen LogP contribution in [0, 0.1) is 5.41 Å². The lowest BCUT2D eigenvalue weighted by molar-refractivity contribution is 0.0318. The molecule has 0 aliphatic heterocycles. The van der Waals surface area contributed by atoms with Gasteiger partial charge < -0.3 is 9.68 Å². The van der Waals surface area contributed by atoms with Crippen LogP contribution >= 0.6 is 23.2 Å². The van der Waals surface area contributed by atoms with E-state index in [0.717, 1.165) is 61.3 Å². The van der Waals surface area contributed by atoms with Crippen LogP contribution in [0.15, 0.2) is 34.6 Å². The average molecular weight is 431 g/mol. The van der Waals surface area contributed by atoms with E-state index in [-0.39, 0.29) is 5.41 Å². The summed E-state index contributed by atoms with van der Waals surface area (Å²) in [6, 6.07) is 7.64. The molecular weight excluding hydrogens is 411 g/mol. The van der Waals surface area contributed by atoms with Crippen molar-refractivity contribution in [2.75, 3.05) is 13.2 Å². The Hall–Kier alpha value is -2.18. The third-order valence-electron chi connectivity index (χ3n) is 5.75. The van der Waals surface area contributed by atoms with E-state index in [1.54, 1.807) is 0 Å². The van der Waals surface area contributed by atoms with Crippen molar-refractivity contribution >= 4 is 34.6 Å². The molecule has 0 radical (unpaired) electrons. The minimum atomic E-state index is -0.0134. The van der Waals surface area contributed by atoms with Crippen LogP contribution in [0.25, 0.3) is 0 Å². The zero-order valence-electron chi connectivity index (χ0n) is 15.8. The first-order valence-electron chi connectivity index (χ1n) is 9.81. The largest absolute Gasteiger partial charge is 0.395 e. The van der Waals surface area contributed by atoms with E-state index in [0.29, 0.717) is 23.5 Å². The molecule has 2 heterocycles. The Morgan fingerprint density at radius 2 is 1.24 bits per heavy atom. The zero-order chi connectivity index (χ0) is 19.8. The van der Waals surface area contributed by atoms with Gasteiger partial charge in [0.1, 0.15) is 34.9 Å². The Morgan fingerprint density at radius 3 is 1.69 bits per heavy atom. The number of rotatable bonds is 6. The van der Waals surface area contributed by atoms with Gasteiger partial charge in [0, 0.05) is 5.41 Å². The minimum Gasteiger partial charge on any atom is -0.395 e. The number of pyridine rings is 2. The van der Waals surface area contributed by atoms with Crippen molar-refractivity contribution in [3.8, 4) is 0 Å². The summed E-state index contributed by atoms with van der Waals surface area (Å²) in [5.74, 6) is 0. The molecule has 0 spiro atoms. The Kier molecular flexibility index (Phi) is 4.92. The predicted octanol–water partition coefficient (Wildman–Crippen LogP) is 4.60. The van der Waals surface area contributed by atoms with E-state index < -0.39 is 0 Å². The van der Waals surface area contributed by atoms with Crippen molar-refractivity contribution < 1.29 is 9.68 Å². The first-order valence-corrected chi connectivity index (χ1v) is 10.6. The second-order valence-electron chi connectivity index (χ2n) is 7.91. The van der Waals surface area contributed by atoms with Crippen molar-refractivity contribution in [3.63, 3.8) is 0 Å². The van der Waals surface area contributed by atoms with E-state index >= 15 is 0 Å². The molecule has 0 N–H and O–H groups in total. The molecular formula is C21H20Cl2N4O2. The number of hydrogen-bond acceptors (Lipinski definition) is 6. The Morgan fingerprint density at radius 1 is 0.759 bits per heavy atom. The normalized spacial score (nSPS) is 21.3. The van der Waals surface area contributed by atoms with Gasteiger partial charge in [-0.05, 0) is 61.8 Å². The number of hydrogen-bond donors (Lipinski definition) is 0. The Labute approximate surface area is 178 Å². The molecule has 150 valence electrons. The van der Waals surface area contributed by atoms with Crippen LogP contribution in [0.2, 0.25) is 10.3 Å². The SMILES string of the molecule is Clc1ccc2c(n1)/C(=N/OCC1(CO/N=C3\CCc4ccc(Cl)nc43)CC1)CC2. The van der Waals surface area contributed by atoms with Gasteiger partial charge in [-0.3, -0.25) is 0 Å². The fraction of sp³-hybridized carbons (Fsp3) is 0.429. The molecule has 2 aromatic rings. The summed E-state index contributed by atoms with van der Waals surface area (Å²) in [7, 11) is 0. The first-order chi connectivity index (χ1) is 14.1. The van der Waals surface area contributed by atoms with E-state index in [1.807, 2.05) is 24.3 Å². The zero-order valence-corrected chi connectivity index (χ0v) is 17.3. The maximum atomic E-state index is 6.01. The fourth-order valence-corrected chi connectivity index (χ4v) is 4.05. The number of oxime groups is 2. The Balaban J connectivity index is 1.17. The monoisotopic (exact) mass is 430 g/mol. The van der Waals surface area contributed by atoms with Gasteiger partial charge in [-0.2, -0.15) is 0 Å². The molecule has 6 nitrogen and oxygen atoms in total. The van der Waals surface area contributed by atoms with Gasteiger partial charge in [-0.15, -0.1) is 0 Å². The lowest BCUT2D eigenvalue weighted by atomic mass is 10.1. The van der Waals surface area contributed by atoms with E-state index in [1.165, 1.54) is 11.1 Å². The summed E-state index contributed by atoms with van der Waals surface area (Å²) in [5.41, 5.74) is 5.77. The quantitative estimate of drug-likeness (QED) is 0.495. The molecule has 0 atom stereocenters. The van der Waals surface area contributed by atoms with Crippen LogP contribution in [-0.2, 0) is 22.5 Å². The summed E-state index contributed by atoms with van der Waals surface area (Å²) in [5, 5.41) is 9.63. The van der Waals surface area contributed by atoms with E-state index in [2.05, 4.69) is 20.3 Å². The van der Waals surface area contributed by atoms with Crippen LogP contribution in [0.3, 0.4) is 0 Å². The highest BCUT2D eigenvalue weighted by Gasteiger charge is 2.45. The van der Waals surface area contributed by atoms with Crippen molar-refractivity contribution in [3.05, 3.63) is 57.1 Å². The van der Waals surface area contributed by atoms with Crippen molar-refractivity contribution in [2.45, 2.75) is 38.5 Å². The van der Waals surface area contributed by atoms with Crippen LogP contribution in [-0.4, -0.2) is 34.6 Å². The molecule has 0 unspecified atom stereocenters. The Bertz CT molecular complexity index is 940. The number of fused-ring (bicyclic) bond motifs is 2. The molecule has 1 saturated carbocycles. The molecule has 0 saturated heterocycles. The number of halogens is 2. The molecule has 3 aliphatic rings. The standard InChI is InChI=1S/C21H20Cl2N4O2/c22-17-7-3-13-1-5-15(19(13)24-17)26-28-11-21(9-10-21)12-29-27-16-6-2-14-4-8-18(23)25-20(14)16/h3-4,7-8H,1-2,5-6,9-12H2/b26-15+,27-16+.